The van der Waals surface area contributed by atoms with Gasteiger partial charge in [-0.1, -0.05) is 0 Å². The second-order valence-electron chi connectivity index (χ2n) is 7.60. The van der Waals surface area contributed by atoms with Gasteiger partial charge in [-0.05, 0) is 0 Å². The molecule has 0 bridgehead atoms. The number of amides is 1. The molecule has 0 aliphatic carbocycles. The van der Waals surface area contributed by atoms with E-state index in [1.165, 1.54) is 9.91 Å². The van der Waals surface area contributed by atoms with Crippen molar-refractivity contribution in [3.8, 4) is 11.6 Å². The number of hydrogen-bond donors (Lipinski definition) is 0. The molecule has 3 heterocycles. The zero-order valence-electron chi connectivity index (χ0n) is 17.3. The van der Waals surface area contributed by atoms with Gasteiger partial charge < -0.3 is 0 Å². The molecule has 0 spiro atoms. The van der Waals surface area contributed by atoms with Crippen LogP contribution in [-0.2, 0) is 4.79 Å². The van der Waals surface area contributed by atoms with Crippen LogP contribution >= 0.6 is 0 Å². The average molecular weight is 462 g/mol. The summed E-state index contributed by atoms with van der Waals surface area (Å²) in [6, 6.07) is 16.4. The Kier molecular flexibility index (Phi) is 6.49. The van der Waals surface area contributed by atoms with Crippen LogP contribution in [0.1, 0.15) is 36.8 Å². The zero-order chi connectivity index (χ0) is 20.9. The number of aromatic nitrogens is 2. The Morgan fingerprint density at radius 1 is 1.13 bits per heavy atom. The van der Waals surface area contributed by atoms with Gasteiger partial charge in [-0.25, -0.2) is 0 Å². The van der Waals surface area contributed by atoms with Gasteiger partial charge in [0.2, 0.25) is 0 Å². The summed E-state index contributed by atoms with van der Waals surface area (Å²) in [6.45, 7) is 5.25. The second kappa shape index (κ2) is 9.44. The van der Waals surface area contributed by atoms with E-state index in [1.54, 1.807) is 13.1 Å². The molecule has 0 saturated carbocycles. The van der Waals surface area contributed by atoms with Gasteiger partial charge in [0.15, 0.2) is 0 Å². The van der Waals surface area contributed by atoms with E-state index in [0.29, 0.717) is 5.88 Å². The van der Waals surface area contributed by atoms with E-state index in [-0.39, 0.29) is 27.6 Å². The number of rotatable bonds is 5. The fourth-order valence-electron chi connectivity index (χ4n) is 3.67. The van der Waals surface area contributed by atoms with Crippen LogP contribution < -0.4 is 13.6 Å². The fraction of sp³-hybridized carbons (Fsp3) is 0.292. The van der Waals surface area contributed by atoms with Gasteiger partial charge in [-0.3, -0.25) is 0 Å². The first kappa shape index (κ1) is 20.6. The molecule has 0 N–H and O–H groups in total. The van der Waals surface area contributed by atoms with Crippen molar-refractivity contribution in [1.82, 2.24) is 14.9 Å². The molecular formula is C24H25AsN3O2. The fourth-order valence-corrected chi connectivity index (χ4v) is 5.41. The number of hydrogen-bond acceptors (Lipinski definition) is 4. The van der Waals surface area contributed by atoms with E-state index >= 15 is 0 Å². The molecule has 1 atom stereocenters. The van der Waals surface area contributed by atoms with Gasteiger partial charge in [0.1, 0.15) is 0 Å². The standard InChI is InChI=1S/C24H25AsN3O2/c1-17-7-12-23(27-15-17)25-20-8-10-21(11-9-20)30-24-22(6-3-13-26-24)19-5-4-14-28(16-19)18(2)29/h3,6-13,15,19H,4-5,14,16H2,1-2H3. The summed E-state index contributed by atoms with van der Waals surface area (Å²) in [5, 5.41) is 0. The summed E-state index contributed by atoms with van der Waals surface area (Å²) < 4.78 is 8.58. The Labute approximate surface area is 184 Å². The van der Waals surface area contributed by atoms with Crippen LogP contribution in [0.2, 0.25) is 0 Å². The molecule has 1 saturated heterocycles. The Morgan fingerprint density at radius 3 is 2.70 bits per heavy atom. The molecule has 1 aromatic carbocycles. The number of carbonyl (C=O) groups excluding carboxylic acids is 1. The van der Waals surface area contributed by atoms with E-state index in [2.05, 4.69) is 47.2 Å². The van der Waals surface area contributed by atoms with Gasteiger partial charge in [-0.15, -0.1) is 0 Å². The first-order valence-electron chi connectivity index (χ1n) is 10.2. The number of benzene rings is 1. The van der Waals surface area contributed by atoms with Crippen molar-refractivity contribution in [3.05, 3.63) is 72.1 Å². The summed E-state index contributed by atoms with van der Waals surface area (Å²) in [5.74, 6) is 1.79. The van der Waals surface area contributed by atoms with E-state index in [4.69, 9.17) is 4.74 Å². The van der Waals surface area contributed by atoms with E-state index in [9.17, 15) is 4.79 Å². The molecule has 1 fully saturated rings. The Balaban J connectivity index is 1.47. The molecule has 1 aliphatic heterocycles. The molecule has 153 valence electrons. The van der Waals surface area contributed by atoms with Crippen molar-refractivity contribution in [2.24, 2.45) is 0 Å². The summed E-state index contributed by atoms with van der Waals surface area (Å²) in [4.78, 5) is 22.7. The van der Waals surface area contributed by atoms with Crippen LogP contribution in [0.25, 0.3) is 0 Å². The van der Waals surface area contributed by atoms with Gasteiger partial charge >= 0.3 is 184 Å². The van der Waals surface area contributed by atoms with Crippen molar-refractivity contribution < 1.29 is 9.53 Å². The third kappa shape index (κ3) is 5.09. The van der Waals surface area contributed by atoms with Crippen LogP contribution in [0.4, 0.5) is 0 Å². The maximum atomic E-state index is 11.8. The zero-order valence-corrected chi connectivity index (χ0v) is 19.2. The summed E-state index contributed by atoms with van der Waals surface area (Å²) in [7, 11) is 0. The predicted octanol–water partition coefficient (Wildman–Crippen LogP) is 2.96. The summed E-state index contributed by atoms with van der Waals surface area (Å²) >= 11 is -0.144. The van der Waals surface area contributed by atoms with Crippen LogP contribution in [0.5, 0.6) is 11.6 Å². The van der Waals surface area contributed by atoms with Crippen molar-refractivity contribution in [2.45, 2.75) is 32.6 Å². The topological polar surface area (TPSA) is 55.3 Å². The van der Waals surface area contributed by atoms with Gasteiger partial charge in [-0.2, -0.15) is 0 Å². The Hall–Kier alpha value is -2.65. The SMILES string of the molecule is CC(=O)N1CCCC(c2cccnc2Oc2ccc([As]c3ccc(C)cn3)cc2)C1. The summed E-state index contributed by atoms with van der Waals surface area (Å²) in [6.07, 6.45) is 5.72. The van der Waals surface area contributed by atoms with E-state index in [1.807, 2.05) is 29.3 Å². The maximum absolute atomic E-state index is 11.8. The number of piperidine rings is 1. The monoisotopic (exact) mass is 462 g/mol. The van der Waals surface area contributed by atoms with Crippen molar-refractivity contribution in [1.29, 1.82) is 0 Å². The predicted molar refractivity (Wildman–Crippen MR) is 119 cm³/mol. The quantitative estimate of drug-likeness (QED) is 0.548. The third-order valence-electron chi connectivity index (χ3n) is 5.30. The van der Waals surface area contributed by atoms with E-state index in [0.717, 1.165) is 41.7 Å². The van der Waals surface area contributed by atoms with Gasteiger partial charge in [0.05, 0.1) is 0 Å². The van der Waals surface area contributed by atoms with Gasteiger partial charge in [0, 0.05) is 0 Å². The van der Waals surface area contributed by atoms with Crippen molar-refractivity contribution in [3.63, 3.8) is 0 Å². The molecule has 6 heteroatoms. The van der Waals surface area contributed by atoms with Crippen LogP contribution in [-0.4, -0.2) is 49.6 Å². The molecule has 1 radical (unpaired) electrons. The number of likely N-dealkylation sites (tertiary alicyclic amines) is 1. The molecule has 30 heavy (non-hydrogen) atoms. The number of ether oxygens (including phenoxy) is 1. The first-order chi connectivity index (χ1) is 14.6. The molecule has 1 amide bonds. The van der Waals surface area contributed by atoms with Crippen molar-refractivity contribution >= 4 is 30.5 Å². The average Bonchev–Trinajstić information content (AvgIpc) is 2.77. The normalized spacial score (nSPS) is 16.7. The molecule has 2 aromatic heterocycles. The Bertz CT molecular complexity index is 1010. The molecule has 4 rings (SSSR count). The molecule has 5 nitrogen and oxygen atoms in total. The molecule has 1 aliphatic rings. The summed E-state index contributed by atoms with van der Waals surface area (Å²) in [5.41, 5.74) is 2.25. The third-order valence-corrected chi connectivity index (χ3v) is 7.50. The van der Waals surface area contributed by atoms with Crippen LogP contribution in [0.15, 0.2) is 60.9 Å². The first-order valence-corrected chi connectivity index (χ1v) is 12.1. The van der Waals surface area contributed by atoms with Crippen LogP contribution in [0.3, 0.4) is 0 Å². The second-order valence-corrected chi connectivity index (χ2v) is 10.1. The number of carbonyl (C=O) groups is 1. The molecule has 3 aromatic rings. The van der Waals surface area contributed by atoms with E-state index < -0.39 is 0 Å². The van der Waals surface area contributed by atoms with Crippen molar-refractivity contribution in [2.75, 3.05) is 13.1 Å². The minimum atomic E-state index is -0.144. The minimum absolute atomic E-state index is 0.132. The van der Waals surface area contributed by atoms with Crippen LogP contribution in [0, 0.1) is 6.92 Å². The molecule has 1 unspecified atom stereocenters. The van der Waals surface area contributed by atoms with Gasteiger partial charge in [0.25, 0.3) is 0 Å². The number of aryl methyl sites for hydroxylation is 1. The Morgan fingerprint density at radius 2 is 1.97 bits per heavy atom. The molecular weight excluding hydrogens is 437 g/mol. The number of nitrogens with zero attached hydrogens (tertiary/aromatic N) is 3. The number of pyridine rings is 2.